The Hall–Kier alpha value is -2.41. The van der Waals surface area contributed by atoms with E-state index >= 15 is 0 Å². The summed E-state index contributed by atoms with van der Waals surface area (Å²) in [4.78, 5) is 38.4. The van der Waals surface area contributed by atoms with Crippen molar-refractivity contribution in [3.63, 3.8) is 0 Å². The van der Waals surface area contributed by atoms with E-state index in [-0.39, 0.29) is 12.5 Å². The molecule has 1 aromatic rings. The summed E-state index contributed by atoms with van der Waals surface area (Å²) in [6.07, 6.45) is 2.19. The molecule has 2 saturated heterocycles. The van der Waals surface area contributed by atoms with Crippen molar-refractivity contribution in [1.29, 1.82) is 0 Å². The molecule has 2 fully saturated rings. The first kappa shape index (κ1) is 17.4. The van der Waals surface area contributed by atoms with E-state index < -0.39 is 17.5 Å². The highest BCUT2D eigenvalue weighted by molar-refractivity contribution is 6.08. The Morgan fingerprint density at radius 2 is 1.92 bits per heavy atom. The fourth-order valence-corrected chi connectivity index (χ4v) is 3.45. The molecule has 1 aromatic carbocycles. The van der Waals surface area contributed by atoms with Gasteiger partial charge in [-0.05, 0) is 31.2 Å². The van der Waals surface area contributed by atoms with Crippen LogP contribution in [0.1, 0.15) is 32.3 Å². The number of hydrazine groups is 1. The van der Waals surface area contributed by atoms with Crippen molar-refractivity contribution in [1.82, 2.24) is 15.8 Å². The second-order valence-corrected chi connectivity index (χ2v) is 7.21. The molecule has 0 bridgehead atoms. The summed E-state index contributed by atoms with van der Waals surface area (Å²) in [5.41, 5.74) is 1.99. The van der Waals surface area contributed by atoms with E-state index in [4.69, 9.17) is 0 Å². The third-order valence-corrected chi connectivity index (χ3v) is 5.17. The summed E-state index contributed by atoms with van der Waals surface area (Å²) < 4.78 is 0. The van der Waals surface area contributed by atoms with Gasteiger partial charge in [-0.15, -0.1) is 0 Å². The molecule has 0 saturated carbocycles. The fraction of sp³-hybridized carbons (Fsp3) is 0.500. The Balaban J connectivity index is 1.64. The largest absolute Gasteiger partial charge is 0.344 e. The number of benzene rings is 1. The van der Waals surface area contributed by atoms with Crippen LogP contribution in [0.5, 0.6) is 0 Å². The average molecular weight is 345 g/mol. The summed E-state index contributed by atoms with van der Waals surface area (Å²) in [5, 5.41) is 3.48. The van der Waals surface area contributed by atoms with E-state index in [0.29, 0.717) is 11.5 Å². The SMILES string of the molecule is CC1CC[NH+](CC(=O)NN2C(=O)N[C@](C)(c3ccccc3)C2=O)CC1. The van der Waals surface area contributed by atoms with Crippen LogP contribution in [0, 0.1) is 5.92 Å². The Morgan fingerprint density at radius 1 is 1.28 bits per heavy atom. The van der Waals surface area contributed by atoms with Crippen LogP contribution in [0.2, 0.25) is 0 Å². The predicted molar refractivity (Wildman–Crippen MR) is 91.3 cm³/mol. The number of quaternary nitrogens is 1. The van der Waals surface area contributed by atoms with Crippen LogP contribution in [0.15, 0.2) is 30.3 Å². The molecule has 25 heavy (non-hydrogen) atoms. The maximum absolute atomic E-state index is 12.7. The zero-order valence-electron chi connectivity index (χ0n) is 14.7. The molecule has 2 aliphatic heterocycles. The van der Waals surface area contributed by atoms with Crippen LogP contribution in [-0.2, 0) is 15.1 Å². The quantitative estimate of drug-likeness (QED) is 0.661. The average Bonchev–Trinajstić information content (AvgIpc) is 2.82. The summed E-state index contributed by atoms with van der Waals surface area (Å²) >= 11 is 0. The van der Waals surface area contributed by atoms with Gasteiger partial charge in [-0.3, -0.25) is 15.0 Å². The zero-order chi connectivity index (χ0) is 18.0. The molecule has 3 N–H and O–H groups in total. The van der Waals surface area contributed by atoms with E-state index in [1.165, 1.54) is 4.90 Å². The lowest BCUT2D eigenvalue weighted by Crippen LogP contribution is -3.14. The molecule has 0 aromatic heterocycles. The van der Waals surface area contributed by atoms with Crippen LogP contribution < -0.4 is 15.6 Å². The summed E-state index contributed by atoms with van der Waals surface area (Å²) in [6, 6.07) is 8.41. The van der Waals surface area contributed by atoms with Gasteiger partial charge in [0, 0.05) is 0 Å². The van der Waals surface area contributed by atoms with Crippen molar-refractivity contribution < 1.29 is 19.3 Å². The van der Waals surface area contributed by atoms with Crippen molar-refractivity contribution >= 4 is 17.8 Å². The van der Waals surface area contributed by atoms with E-state index in [1.54, 1.807) is 19.1 Å². The molecule has 1 atom stereocenters. The minimum atomic E-state index is -1.17. The van der Waals surface area contributed by atoms with Gasteiger partial charge in [0.25, 0.3) is 11.8 Å². The van der Waals surface area contributed by atoms with E-state index in [2.05, 4.69) is 17.7 Å². The number of rotatable bonds is 4. The van der Waals surface area contributed by atoms with Gasteiger partial charge in [0.15, 0.2) is 6.54 Å². The van der Waals surface area contributed by atoms with E-state index in [1.807, 2.05) is 18.2 Å². The third-order valence-electron chi connectivity index (χ3n) is 5.17. The number of piperidine rings is 1. The molecule has 2 aliphatic rings. The van der Waals surface area contributed by atoms with Crippen LogP contribution in [0.4, 0.5) is 4.79 Å². The molecular formula is C18H25N4O3+. The number of hydrogen-bond acceptors (Lipinski definition) is 3. The van der Waals surface area contributed by atoms with E-state index in [9.17, 15) is 14.4 Å². The second kappa shape index (κ2) is 6.84. The maximum Gasteiger partial charge on any atom is 0.344 e. The third kappa shape index (κ3) is 3.51. The monoisotopic (exact) mass is 345 g/mol. The van der Waals surface area contributed by atoms with Gasteiger partial charge in [0.1, 0.15) is 5.54 Å². The van der Waals surface area contributed by atoms with Crippen LogP contribution in [0.25, 0.3) is 0 Å². The summed E-state index contributed by atoms with van der Waals surface area (Å²) in [5.74, 6) is -0.0889. The number of carbonyl (C=O) groups excluding carboxylic acids is 3. The van der Waals surface area contributed by atoms with Gasteiger partial charge in [-0.2, -0.15) is 5.01 Å². The van der Waals surface area contributed by atoms with Crippen molar-refractivity contribution in [3.8, 4) is 0 Å². The molecule has 7 nitrogen and oxygen atoms in total. The number of urea groups is 1. The van der Waals surface area contributed by atoms with Gasteiger partial charge in [-0.1, -0.05) is 37.3 Å². The Kier molecular flexibility index (Phi) is 4.76. The molecule has 0 aliphatic carbocycles. The first-order valence-electron chi connectivity index (χ1n) is 8.75. The highest BCUT2D eigenvalue weighted by Crippen LogP contribution is 2.27. The smallest absolute Gasteiger partial charge is 0.327 e. The number of amides is 4. The topological polar surface area (TPSA) is 82.9 Å². The Morgan fingerprint density at radius 3 is 2.56 bits per heavy atom. The number of hydrogen-bond donors (Lipinski definition) is 3. The second-order valence-electron chi connectivity index (χ2n) is 7.21. The Labute approximate surface area is 147 Å². The number of nitrogens with one attached hydrogen (secondary N) is 3. The molecule has 0 unspecified atom stereocenters. The molecule has 2 heterocycles. The van der Waals surface area contributed by atoms with Crippen molar-refractivity contribution in [3.05, 3.63) is 35.9 Å². The number of likely N-dealkylation sites (tertiary alicyclic amines) is 1. The lowest BCUT2D eigenvalue weighted by Gasteiger charge is -2.27. The standard InChI is InChI=1S/C18H24N4O3/c1-13-8-10-21(11-9-13)12-15(23)20-22-16(24)18(2,19-17(22)25)14-6-4-3-5-7-14/h3-7,13H,8-12H2,1-2H3,(H,19,25)(H,20,23)/p+1/t18-/m1/s1. The van der Waals surface area contributed by atoms with E-state index in [0.717, 1.165) is 30.9 Å². The van der Waals surface area contributed by atoms with Gasteiger partial charge in [0.05, 0.1) is 13.1 Å². The molecule has 134 valence electrons. The molecule has 4 amide bonds. The van der Waals surface area contributed by atoms with Crippen molar-refractivity contribution in [2.45, 2.75) is 32.2 Å². The molecule has 7 heteroatoms. The normalized spacial score (nSPS) is 29.4. The summed E-state index contributed by atoms with van der Waals surface area (Å²) in [6.45, 7) is 6.01. The number of imide groups is 1. The maximum atomic E-state index is 12.7. The number of carbonyl (C=O) groups is 3. The highest BCUT2D eigenvalue weighted by Gasteiger charge is 2.50. The summed E-state index contributed by atoms with van der Waals surface area (Å²) in [7, 11) is 0. The van der Waals surface area contributed by atoms with Crippen molar-refractivity contribution in [2.24, 2.45) is 5.92 Å². The molecule has 3 rings (SSSR count). The van der Waals surface area contributed by atoms with Crippen molar-refractivity contribution in [2.75, 3.05) is 19.6 Å². The fourth-order valence-electron chi connectivity index (χ4n) is 3.45. The lowest BCUT2D eigenvalue weighted by atomic mass is 9.92. The van der Waals surface area contributed by atoms with Gasteiger partial charge in [0.2, 0.25) is 0 Å². The Bertz CT molecular complexity index is 670. The minimum Gasteiger partial charge on any atom is -0.327 e. The lowest BCUT2D eigenvalue weighted by molar-refractivity contribution is -0.898. The first-order chi connectivity index (χ1) is 11.9. The highest BCUT2D eigenvalue weighted by atomic mass is 16.2. The predicted octanol–water partition coefficient (Wildman–Crippen LogP) is -0.200. The van der Waals surface area contributed by atoms with Gasteiger partial charge < -0.3 is 10.2 Å². The van der Waals surface area contributed by atoms with Gasteiger partial charge in [-0.25, -0.2) is 4.79 Å². The van der Waals surface area contributed by atoms with Crippen LogP contribution in [0.3, 0.4) is 0 Å². The zero-order valence-corrected chi connectivity index (χ0v) is 14.7. The molecule has 0 spiro atoms. The van der Waals surface area contributed by atoms with Gasteiger partial charge >= 0.3 is 6.03 Å². The minimum absolute atomic E-state index is 0.270. The molecule has 0 radical (unpaired) electrons. The molecular weight excluding hydrogens is 320 g/mol. The number of nitrogens with zero attached hydrogens (tertiary/aromatic N) is 1. The van der Waals surface area contributed by atoms with Crippen LogP contribution in [-0.4, -0.2) is 42.5 Å². The first-order valence-corrected chi connectivity index (χ1v) is 8.75. The van der Waals surface area contributed by atoms with Crippen LogP contribution >= 0.6 is 0 Å².